The normalized spacial score (nSPS) is 15.1. The Labute approximate surface area is 116 Å². The zero-order chi connectivity index (χ0) is 14.7. The maximum absolute atomic E-state index is 12.0. The molecule has 1 aromatic rings. The van der Waals surface area contributed by atoms with Crippen molar-refractivity contribution in [2.24, 2.45) is 0 Å². The first-order valence-corrected chi connectivity index (χ1v) is 6.38. The largest absolute Gasteiger partial charge is 0.493 e. The maximum atomic E-state index is 12.0. The van der Waals surface area contributed by atoms with Gasteiger partial charge in [-0.2, -0.15) is 0 Å². The lowest BCUT2D eigenvalue weighted by Gasteiger charge is -2.28. The highest BCUT2D eigenvalue weighted by Gasteiger charge is 2.26. The van der Waals surface area contributed by atoms with Gasteiger partial charge in [0.05, 0.1) is 25.5 Å². The number of rotatable bonds is 4. The summed E-state index contributed by atoms with van der Waals surface area (Å²) >= 11 is 0. The number of carbonyl (C=O) groups excluding carboxylic acids is 1. The molecule has 2 rings (SSSR count). The van der Waals surface area contributed by atoms with Gasteiger partial charge in [-0.1, -0.05) is 0 Å². The summed E-state index contributed by atoms with van der Waals surface area (Å²) in [4.78, 5) is 24.9. The molecule has 1 fully saturated rings. The van der Waals surface area contributed by atoms with Gasteiger partial charge in [-0.3, -0.25) is 4.79 Å². The van der Waals surface area contributed by atoms with Gasteiger partial charge in [0, 0.05) is 25.1 Å². The molecule has 1 N–H and O–H groups in total. The summed E-state index contributed by atoms with van der Waals surface area (Å²) in [5.41, 5.74) is 0.401. The zero-order valence-corrected chi connectivity index (χ0v) is 11.5. The number of methoxy groups -OCH3 is 2. The molecule has 6 heteroatoms. The Balaban J connectivity index is 2.54. The number of hydrogen-bond donors (Lipinski definition) is 1. The molecule has 0 aromatic heterocycles. The number of hydrogen-bond acceptors (Lipinski definition) is 4. The van der Waals surface area contributed by atoms with Crippen LogP contribution in [0.25, 0.3) is 0 Å². The van der Waals surface area contributed by atoms with Crippen LogP contribution in [0, 0.1) is 0 Å². The van der Waals surface area contributed by atoms with E-state index in [1.165, 1.54) is 25.2 Å². The van der Waals surface area contributed by atoms with Crippen LogP contribution in [0.15, 0.2) is 12.1 Å². The monoisotopic (exact) mass is 279 g/mol. The van der Waals surface area contributed by atoms with E-state index in [2.05, 4.69) is 0 Å². The SMILES string of the molecule is COc1cc(C(=O)O)c(N2CCCCC2=O)cc1OC. The lowest BCUT2D eigenvalue weighted by atomic mass is 10.1. The second-order valence-electron chi connectivity index (χ2n) is 4.53. The van der Waals surface area contributed by atoms with Crippen LogP contribution >= 0.6 is 0 Å². The van der Waals surface area contributed by atoms with Gasteiger partial charge in [-0.15, -0.1) is 0 Å². The summed E-state index contributed by atoms with van der Waals surface area (Å²) in [6.07, 6.45) is 2.14. The van der Waals surface area contributed by atoms with E-state index < -0.39 is 5.97 Å². The molecular weight excluding hydrogens is 262 g/mol. The van der Waals surface area contributed by atoms with Gasteiger partial charge in [0.2, 0.25) is 5.91 Å². The molecule has 1 amide bonds. The second kappa shape index (κ2) is 5.81. The minimum absolute atomic E-state index is 0.0397. The highest BCUT2D eigenvalue weighted by atomic mass is 16.5. The molecule has 1 aliphatic heterocycles. The van der Waals surface area contributed by atoms with Crippen LogP contribution in [0.1, 0.15) is 29.6 Å². The van der Waals surface area contributed by atoms with Gasteiger partial charge in [-0.25, -0.2) is 4.79 Å². The molecule has 1 aromatic carbocycles. The average molecular weight is 279 g/mol. The predicted molar refractivity (Wildman–Crippen MR) is 72.7 cm³/mol. The van der Waals surface area contributed by atoms with Gasteiger partial charge >= 0.3 is 5.97 Å². The van der Waals surface area contributed by atoms with Crippen LogP contribution in [-0.4, -0.2) is 37.7 Å². The Hall–Kier alpha value is -2.24. The van der Waals surface area contributed by atoms with Crippen molar-refractivity contribution in [2.75, 3.05) is 25.7 Å². The van der Waals surface area contributed by atoms with Crippen molar-refractivity contribution < 1.29 is 24.2 Å². The number of carboxylic acid groups (broad SMARTS) is 1. The number of aromatic carboxylic acids is 1. The Morgan fingerprint density at radius 1 is 1.20 bits per heavy atom. The quantitative estimate of drug-likeness (QED) is 0.911. The maximum Gasteiger partial charge on any atom is 0.337 e. The van der Waals surface area contributed by atoms with Crippen molar-refractivity contribution in [3.05, 3.63) is 17.7 Å². The third kappa shape index (κ3) is 2.54. The summed E-state index contributed by atoms with van der Waals surface area (Å²) in [6.45, 7) is 0.522. The van der Waals surface area contributed by atoms with E-state index in [0.29, 0.717) is 30.2 Å². The molecule has 1 saturated heterocycles. The molecule has 0 spiro atoms. The van der Waals surface area contributed by atoms with Crippen LogP contribution < -0.4 is 14.4 Å². The first-order valence-electron chi connectivity index (χ1n) is 6.38. The van der Waals surface area contributed by atoms with Crippen LogP contribution in [0.3, 0.4) is 0 Å². The topological polar surface area (TPSA) is 76.1 Å². The second-order valence-corrected chi connectivity index (χ2v) is 4.53. The molecule has 0 saturated carbocycles. The number of carboxylic acids is 1. The number of nitrogens with zero attached hydrogens (tertiary/aromatic N) is 1. The Morgan fingerprint density at radius 3 is 2.40 bits per heavy atom. The van der Waals surface area contributed by atoms with Crippen LogP contribution in [-0.2, 0) is 4.79 Å². The van der Waals surface area contributed by atoms with Crippen LogP contribution in [0.2, 0.25) is 0 Å². The van der Waals surface area contributed by atoms with Crippen LogP contribution in [0.4, 0.5) is 5.69 Å². The Kier molecular flexibility index (Phi) is 4.12. The summed E-state index contributed by atoms with van der Waals surface area (Å²) in [7, 11) is 2.91. The highest BCUT2D eigenvalue weighted by Crippen LogP contribution is 2.36. The molecule has 0 bridgehead atoms. The molecule has 1 heterocycles. The number of amides is 1. The molecule has 6 nitrogen and oxygen atoms in total. The number of ether oxygens (including phenoxy) is 2. The average Bonchev–Trinajstić information content (AvgIpc) is 2.46. The van der Waals surface area contributed by atoms with E-state index in [-0.39, 0.29) is 11.5 Å². The van der Waals surface area contributed by atoms with E-state index in [4.69, 9.17) is 9.47 Å². The third-order valence-corrected chi connectivity index (χ3v) is 3.35. The van der Waals surface area contributed by atoms with E-state index >= 15 is 0 Å². The summed E-state index contributed by atoms with van der Waals surface area (Å²) in [5, 5.41) is 9.33. The molecule has 0 unspecified atom stereocenters. The molecule has 0 radical (unpaired) electrons. The highest BCUT2D eigenvalue weighted by molar-refractivity contribution is 6.03. The third-order valence-electron chi connectivity index (χ3n) is 3.35. The Morgan fingerprint density at radius 2 is 1.85 bits per heavy atom. The van der Waals surface area contributed by atoms with Crippen molar-refractivity contribution in [3.8, 4) is 11.5 Å². The van der Waals surface area contributed by atoms with Gasteiger partial charge < -0.3 is 19.5 Å². The van der Waals surface area contributed by atoms with Gasteiger partial charge in [0.15, 0.2) is 11.5 Å². The number of piperidine rings is 1. The molecule has 20 heavy (non-hydrogen) atoms. The van der Waals surface area contributed by atoms with Crippen molar-refractivity contribution in [3.63, 3.8) is 0 Å². The number of anilines is 1. The fourth-order valence-electron chi connectivity index (χ4n) is 2.32. The standard InChI is InChI=1S/C14H17NO5/c1-19-11-7-9(14(17)18)10(8-12(11)20-2)15-6-4-3-5-13(15)16/h7-8H,3-6H2,1-2H3,(H,17,18). The van der Waals surface area contributed by atoms with E-state index in [1.807, 2.05) is 0 Å². The summed E-state index contributed by atoms with van der Waals surface area (Å²) < 4.78 is 10.3. The molecule has 0 atom stereocenters. The predicted octanol–water partition coefficient (Wildman–Crippen LogP) is 1.92. The summed E-state index contributed by atoms with van der Waals surface area (Å²) in [5.74, 6) is -0.422. The van der Waals surface area contributed by atoms with Crippen molar-refractivity contribution >= 4 is 17.6 Å². The molecule has 1 aliphatic rings. The smallest absolute Gasteiger partial charge is 0.337 e. The van der Waals surface area contributed by atoms with Crippen LogP contribution in [0.5, 0.6) is 11.5 Å². The van der Waals surface area contributed by atoms with Gasteiger partial charge in [-0.05, 0) is 12.8 Å². The summed E-state index contributed by atoms with van der Waals surface area (Å²) in [6, 6.07) is 2.93. The fourth-order valence-corrected chi connectivity index (χ4v) is 2.32. The first kappa shape index (κ1) is 14.2. The fraction of sp³-hybridized carbons (Fsp3) is 0.429. The minimum atomic E-state index is -1.10. The van der Waals surface area contributed by atoms with Crippen molar-refractivity contribution in [2.45, 2.75) is 19.3 Å². The lowest BCUT2D eigenvalue weighted by Crippen LogP contribution is -2.36. The lowest BCUT2D eigenvalue weighted by molar-refractivity contribution is -0.119. The van der Waals surface area contributed by atoms with E-state index in [9.17, 15) is 14.7 Å². The molecule has 0 aliphatic carbocycles. The minimum Gasteiger partial charge on any atom is -0.493 e. The first-order chi connectivity index (χ1) is 9.58. The number of carbonyl (C=O) groups is 2. The Bertz CT molecular complexity index is 541. The van der Waals surface area contributed by atoms with E-state index in [0.717, 1.165) is 12.8 Å². The van der Waals surface area contributed by atoms with E-state index in [1.54, 1.807) is 6.07 Å². The molecular formula is C14H17NO5. The zero-order valence-electron chi connectivity index (χ0n) is 11.5. The van der Waals surface area contributed by atoms with Crippen molar-refractivity contribution in [1.82, 2.24) is 0 Å². The van der Waals surface area contributed by atoms with Gasteiger partial charge in [0.25, 0.3) is 0 Å². The van der Waals surface area contributed by atoms with Gasteiger partial charge in [0.1, 0.15) is 0 Å². The number of benzene rings is 1. The molecule has 108 valence electrons. The van der Waals surface area contributed by atoms with Crippen molar-refractivity contribution in [1.29, 1.82) is 0 Å².